The zero-order valence-electron chi connectivity index (χ0n) is 15.2. The molecule has 1 aliphatic heterocycles. The summed E-state index contributed by atoms with van der Waals surface area (Å²) in [6.07, 6.45) is -0.509. The van der Waals surface area contributed by atoms with Crippen molar-refractivity contribution in [3.63, 3.8) is 0 Å². The number of carbonyl (C=O) groups is 1. The zero-order valence-corrected chi connectivity index (χ0v) is 15.2. The van der Waals surface area contributed by atoms with Crippen molar-refractivity contribution in [2.75, 3.05) is 25.6 Å². The number of hydrogen-bond donors (Lipinski definition) is 1. The van der Waals surface area contributed by atoms with Gasteiger partial charge in [-0.05, 0) is 13.0 Å². The lowest BCUT2D eigenvalue weighted by molar-refractivity contribution is -0.228. The number of halogens is 5. The molecule has 0 spiro atoms. The Balaban J connectivity index is 1.73. The third kappa shape index (κ3) is 3.87. The molecule has 1 aromatic heterocycles. The molecular formula is C18H15F5N2O4. The van der Waals surface area contributed by atoms with Crippen molar-refractivity contribution in [2.45, 2.75) is 13.2 Å². The maximum Gasteiger partial charge on any atom is 0.235 e. The number of nitrogens with zero attached hydrogens (tertiary/aromatic N) is 1. The summed E-state index contributed by atoms with van der Waals surface area (Å²) in [6, 6.07) is 3.06. The van der Waals surface area contributed by atoms with Crippen LogP contribution in [-0.2, 0) is 14.3 Å². The van der Waals surface area contributed by atoms with Gasteiger partial charge in [0.2, 0.25) is 17.6 Å². The van der Waals surface area contributed by atoms with Gasteiger partial charge < -0.3 is 19.5 Å². The van der Waals surface area contributed by atoms with Gasteiger partial charge in [-0.25, -0.2) is 26.9 Å². The van der Waals surface area contributed by atoms with Crippen LogP contribution >= 0.6 is 0 Å². The predicted octanol–water partition coefficient (Wildman–Crippen LogP) is 3.48. The summed E-state index contributed by atoms with van der Waals surface area (Å²) in [6.45, 7) is 0.660. The summed E-state index contributed by atoms with van der Waals surface area (Å²) in [5.41, 5.74) is -2.19. The number of methoxy groups -OCH3 is 1. The fourth-order valence-corrected chi connectivity index (χ4v) is 2.59. The fraction of sp³-hybridized carbons (Fsp3) is 0.333. The van der Waals surface area contributed by atoms with Gasteiger partial charge in [0, 0.05) is 6.07 Å². The Hall–Kier alpha value is -2.79. The number of pyridine rings is 1. The smallest absolute Gasteiger partial charge is 0.235 e. The van der Waals surface area contributed by atoms with E-state index >= 15 is 0 Å². The van der Waals surface area contributed by atoms with E-state index in [1.807, 2.05) is 0 Å². The summed E-state index contributed by atoms with van der Waals surface area (Å²) in [5, 5.41) is 2.57. The van der Waals surface area contributed by atoms with Gasteiger partial charge in [0.1, 0.15) is 0 Å². The van der Waals surface area contributed by atoms with E-state index in [1.165, 1.54) is 32.4 Å². The zero-order chi connectivity index (χ0) is 21.3. The van der Waals surface area contributed by atoms with Crippen molar-refractivity contribution in [3.05, 3.63) is 53.0 Å². The summed E-state index contributed by atoms with van der Waals surface area (Å²) < 4.78 is 82.9. The fourth-order valence-electron chi connectivity index (χ4n) is 2.59. The molecule has 6 nitrogen and oxygen atoms in total. The predicted molar refractivity (Wildman–Crippen MR) is 88.4 cm³/mol. The molecule has 11 heteroatoms. The first-order valence-corrected chi connectivity index (χ1v) is 8.24. The lowest BCUT2D eigenvalue weighted by Crippen LogP contribution is -2.46. The second kappa shape index (κ2) is 7.91. The van der Waals surface area contributed by atoms with Gasteiger partial charge in [-0.3, -0.25) is 4.79 Å². The summed E-state index contributed by atoms with van der Waals surface area (Å²) in [7, 11) is 1.43. The minimum atomic E-state index is -2.28. The molecule has 1 aliphatic rings. The van der Waals surface area contributed by atoms with Gasteiger partial charge in [0.05, 0.1) is 43.2 Å². The SMILES string of the molecule is COc1ccc(NC(=O)C2(C)COC(c3c(F)c(F)c(F)c(F)c3F)OC2)cn1. The van der Waals surface area contributed by atoms with E-state index in [0.717, 1.165) is 0 Å². The monoisotopic (exact) mass is 418 g/mol. The molecule has 1 saturated heterocycles. The molecule has 1 aromatic carbocycles. The average molecular weight is 418 g/mol. The summed E-state index contributed by atoms with van der Waals surface area (Å²) in [5.74, 6) is -10.8. The highest BCUT2D eigenvalue weighted by Gasteiger charge is 2.42. The van der Waals surface area contributed by atoms with E-state index < -0.39 is 65.5 Å². The van der Waals surface area contributed by atoms with Crippen molar-refractivity contribution in [1.29, 1.82) is 0 Å². The second-order valence-electron chi connectivity index (χ2n) is 6.54. The molecule has 0 saturated carbocycles. The van der Waals surface area contributed by atoms with Gasteiger partial charge in [-0.2, -0.15) is 0 Å². The van der Waals surface area contributed by atoms with Crippen LogP contribution in [0.25, 0.3) is 0 Å². The van der Waals surface area contributed by atoms with E-state index in [0.29, 0.717) is 11.6 Å². The largest absolute Gasteiger partial charge is 0.481 e. The Morgan fingerprint density at radius 2 is 1.62 bits per heavy atom. The van der Waals surface area contributed by atoms with Crippen LogP contribution in [0.3, 0.4) is 0 Å². The van der Waals surface area contributed by atoms with Gasteiger partial charge in [-0.15, -0.1) is 0 Å². The third-order valence-electron chi connectivity index (χ3n) is 4.34. The topological polar surface area (TPSA) is 69.7 Å². The lowest BCUT2D eigenvalue weighted by Gasteiger charge is -2.36. The first-order chi connectivity index (χ1) is 13.7. The maximum atomic E-state index is 13.9. The van der Waals surface area contributed by atoms with E-state index in [1.54, 1.807) is 0 Å². The Kier molecular flexibility index (Phi) is 5.71. The van der Waals surface area contributed by atoms with Crippen molar-refractivity contribution in [1.82, 2.24) is 4.98 Å². The molecule has 0 unspecified atom stereocenters. The van der Waals surface area contributed by atoms with Crippen LogP contribution in [0.15, 0.2) is 18.3 Å². The van der Waals surface area contributed by atoms with Crippen molar-refractivity contribution >= 4 is 11.6 Å². The van der Waals surface area contributed by atoms with E-state index in [4.69, 9.17) is 14.2 Å². The quantitative estimate of drug-likeness (QED) is 0.468. The molecule has 2 aromatic rings. The van der Waals surface area contributed by atoms with Gasteiger partial charge >= 0.3 is 0 Å². The number of ether oxygens (including phenoxy) is 3. The molecule has 0 bridgehead atoms. The number of hydrogen-bond acceptors (Lipinski definition) is 5. The maximum absolute atomic E-state index is 13.9. The van der Waals surface area contributed by atoms with Crippen LogP contribution in [0, 0.1) is 34.5 Å². The van der Waals surface area contributed by atoms with Crippen LogP contribution in [0.4, 0.5) is 27.6 Å². The Morgan fingerprint density at radius 3 is 2.10 bits per heavy atom. The first kappa shape index (κ1) is 20.9. The molecule has 156 valence electrons. The van der Waals surface area contributed by atoms with Crippen LogP contribution < -0.4 is 10.1 Å². The molecule has 29 heavy (non-hydrogen) atoms. The third-order valence-corrected chi connectivity index (χ3v) is 4.34. The lowest BCUT2D eigenvalue weighted by atomic mass is 9.90. The van der Waals surface area contributed by atoms with E-state index in [2.05, 4.69) is 10.3 Å². The molecule has 2 heterocycles. The van der Waals surface area contributed by atoms with Gasteiger partial charge in [0.25, 0.3) is 0 Å². The summed E-state index contributed by atoms with van der Waals surface area (Å²) >= 11 is 0. The minimum Gasteiger partial charge on any atom is -0.481 e. The highest BCUT2D eigenvalue weighted by atomic mass is 19.2. The van der Waals surface area contributed by atoms with Crippen LogP contribution in [0.5, 0.6) is 5.88 Å². The highest BCUT2D eigenvalue weighted by molar-refractivity contribution is 5.95. The van der Waals surface area contributed by atoms with Gasteiger partial charge in [0.15, 0.2) is 29.6 Å². The molecule has 1 fully saturated rings. The number of anilines is 1. The van der Waals surface area contributed by atoms with E-state index in [-0.39, 0.29) is 0 Å². The molecule has 0 atom stereocenters. The molecule has 1 N–H and O–H groups in total. The number of nitrogens with one attached hydrogen (secondary N) is 1. The minimum absolute atomic E-state index is 0.337. The average Bonchev–Trinajstić information content (AvgIpc) is 2.73. The number of rotatable bonds is 4. The van der Waals surface area contributed by atoms with Crippen LogP contribution in [0.2, 0.25) is 0 Å². The van der Waals surface area contributed by atoms with Crippen LogP contribution in [0.1, 0.15) is 18.8 Å². The molecule has 0 aliphatic carbocycles. The number of benzene rings is 1. The van der Waals surface area contributed by atoms with Crippen molar-refractivity contribution < 1.29 is 41.0 Å². The molecular weight excluding hydrogens is 403 g/mol. The number of carbonyl (C=O) groups excluding carboxylic acids is 1. The van der Waals surface area contributed by atoms with Crippen molar-refractivity contribution in [3.8, 4) is 5.88 Å². The first-order valence-electron chi connectivity index (χ1n) is 8.24. The van der Waals surface area contributed by atoms with Crippen molar-refractivity contribution in [2.24, 2.45) is 5.41 Å². The molecule has 1 amide bonds. The Bertz CT molecular complexity index is 902. The normalized spacial score (nSPS) is 21.7. The highest BCUT2D eigenvalue weighted by Crippen LogP contribution is 2.36. The number of amides is 1. The summed E-state index contributed by atoms with van der Waals surface area (Å²) in [4.78, 5) is 16.5. The van der Waals surface area contributed by atoms with Crippen LogP contribution in [-0.4, -0.2) is 31.2 Å². The van der Waals surface area contributed by atoms with E-state index in [9.17, 15) is 26.7 Å². The molecule has 0 radical (unpaired) electrons. The van der Waals surface area contributed by atoms with Gasteiger partial charge in [-0.1, -0.05) is 0 Å². The molecule has 3 rings (SSSR count). The standard InChI is InChI=1S/C18H15F5N2O4/c1-18(17(26)25-8-3-4-9(27-2)24-5-8)6-28-16(29-7-18)10-11(19)13(21)15(23)14(22)12(10)20/h3-5,16H,6-7H2,1-2H3,(H,25,26). The Morgan fingerprint density at radius 1 is 1.07 bits per heavy atom. The Labute approximate surface area is 161 Å². The second-order valence-corrected chi connectivity index (χ2v) is 6.54. The number of aromatic nitrogens is 1.